The van der Waals surface area contributed by atoms with E-state index in [0.29, 0.717) is 5.56 Å². The van der Waals surface area contributed by atoms with Crippen LogP contribution < -0.4 is 5.73 Å². The van der Waals surface area contributed by atoms with E-state index in [1.807, 2.05) is 6.07 Å². The molecule has 24 heavy (non-hydrogen) atoms. The van der Waals surface area contributed by atoms with Gasteiger partial charge >= 0.3 is 11.9 Å². The lowest BCUT2D eigenvalue weighted by molar-refractivity contribution is -0.177. The lowest BCUT2D eigenvalue weighted by Crippen LogP contribution is -2.56. The van der Waals surface area contributed by atoms with Crippen LogP contribution in [-0.4, -0.2) is 23.1 Å². The smallest absolute Gasteiger partial charge is 0.343 e. The number of benzene rings is 1. The molecule has 0 atom stereocenters. The lowest BCUT2D eigenvalue weighted by Gasteiger charge is -2.32. The highest BCUT2D eigenvalue weighted by atomic mass is 16.6. The summed E-state index contributed by atoms with van der Waals surface area (Å²) in [5, 5.41) is 8.89. The summed E-state index contributed by atoms with van der Waals surface area (Å²) < 4.78 is 10.6. The van der Waals surface area contributed by atoms with E-state index in [1.165, 1.54) is 24.3 Å². The van der Waals surface area contributed by atoms with Gasteiger partial charge in [-0.25, -0.2) is 9.59 Å². The van der Waals surface area contributed by atoms with Gasteiger partial charge < -0.3 is 15.2 Å². The van der Waals surface area contributed by atoms with Gasteiger partial charge in [-0.15, -0.1) is 0 Å². The Bertz CT molecular complexity index is 630. The molecule has 1 rings (SSSR count). The second-order valence-corrected chi connectivity index (χ2v) is 7.50. The van der Waals surface area contributed by atoms with Crippen LogP contribution in [0.25, 0.3) is 0 Å². The second kappa shape index (κ2) is 6.62. The van der Waals surface area contributed by atoms with Crippen LogP contribution in [0, 0.1) is 11.3 Å². The highest BCUT2D eigenvalue weighted by molar-refractivity contribution is 6.05. The molecule has 6 nitrogen and oxygen atoms in total. The number of nitrogens with two attached hydrogens (primary N) is 1. The van der Waals surface area contributed by atoms with E-state index in [2.05, 4.69) is 0 Å². The Morgan fingerprint density at radius 1 is 0.917 bits per heavy atom. The molecule has 0 bridgehead atoms. The molecule has 0 fully saturated rings. The van der Waals surface area contributed by atoms with Gasteiger partial charge in [-0.1, -0.05) is 12.1 Å². The van der Waals surface area contributed by atoms with Gasteiger partial charge in [0.15, 0.2) is 0 Å². The quantitative estimate of drug-likeness (QED) is 0.673. The first-order chi connectivity index (χ1) is 10.8. The fraction of sp³-hybridized carbons (Fsp3) is 0.500. The minimum Gasteiger partial charge on any atom is -0.458 e. The molecule has 6 heteroatoms. The molecule has 1 aromatic rings. The second-order valence-electron chi connectivity index (χ2n) is 7.50. The van der Waals surface area contributed by atoms with Crippen molar-refractivity contribution >= 4 is 11.9 Å². The first-order valence-electron chi connectivity index (χ1n) is 7.56. The molecule has 0 saturated carbocycles. The number of hydrogen-bond acceptors (Lipinski definition) is 6. The lowest BCUT2D eigenvalue weighted by atomic mass is 9.89. The van der Waals surface area contributed by atoms with Crippen LogP contribution in [0.4, 0.5) is 0 Å². The molecule has 2 N–H and O–H groups in total. The fourth-order valence-electron chi connectivity index (χ4n) is 1.84. The zero-order valence-corrected chi connectivity index (χ0v) is 15.0. The van der Waals surface area contributed by atoms with Crippen molar-refractivity contribution in [3.8, 4) is 6.07 Å². The zero-order chi connectivity index (χ0) is 18.8. The molecule has 0 aliphatic carbocycles. The SMILES string of the molecule is CC(C)(C)OC(=O)C(N)(C(=O)OC(C)(C)C)c1ccc(C#N)cc1. The zero-order valence-electron chi connectivity index (χ0n) is 15.0. The maximum absolute atomic E-state index is 12.6. The van der Waals surface area contributed by atoms with Gasteiger partial charge in [0, 0.05) is 0 Å². The number of carbonyl (C=O) groups is 2. The first kappa shape index (κ1) is 19.7. The first-order valence-corrected chi connectivity index (χ1v) is 7.56. The van der Waals surface area contributed by atoms with E-state index in [4.69, 9.17) is 20.5 Å². The molecule has 130 valence electrons. The average molecular weight is 332 g/mol. The molecular weight excluding hydrogens is 308 g/mol. The van der Waals surface area contributed by atoms with Crippen molar-refractivity contribution < 1.29 is 19.1 Å². The van der Waals surface area contributed by atoms with Gasteiger partial charge in [0.25, 0.3) is 0 Å². The molecule has 1 aromatic carbocycles. The van der Waals surface area contributed by atoms with E-state index in [9.17, 15) is 9.59 Å². The van der Waals surface area contributed by atoms with E-state index >= 15 is 0 Å². The third-order valence-corrected chi connectivity index (χ3v) is 2.91. The monoisotopic (exact) mass is 332 g/mol. The fourth-order valence-corrected chi connectivity index (χ4v) is 1.84. The van der Waals surface area contributed by atoms with Crippen LogP contribution in [0.1, 0.15) is 52.7 Å². The molecule has 0 aliphatic rings. The van der Waals surface area contributed by atoms with Crippen molar-refractivity contribution in [2.75, 3.05) is 0 Å². The van der Waals surface area contributed by atoms with Crippen molar-refractivity contribution in [1.29, 1.82) is 5.26 Å². The summed E-state index contributed by atoms with van der Waals surface area (Å²) in [7, 11) is 0. The van der Waals surface area contributed by atoms with E-state index in [0.717, 1.165) is 0 Å². The van der Waals surface area contributed by atoms with Gasteiger partial charge in [-0.3, -0.25) is 0 Å². The highest BCUT2D eigenvalue weighted by Gasteiger charge is 2.49. The molecule has 0 aromatic heterocycles. The van der Waals surface area contributed by atoms with Crippen LogP contribution in [0.5, 0.6) is 0 Å². The molecule has 0 aliphatic heterocycles. The Balaban J connectivity index is 3.36. The highest BCUT2D eigenvalue weighted by Crippen LogP contribution is 2.27. The minimum atomic E-state index is -2.12. The summed E-state index contributed by atoms with van der Waals surface area (Å²) >= 11 is 0. The van der Waals surface area contributed by atoms with Gasteiger partial charge in [0.1, 0.15) is 11.2 Å². The number of nitriles is 1. The van der Waals surface area contributed by atoms with E-state index in [-0.39, 0.29) is 5.56 Å². The molecule has 0 saturated heterocycles. The minimum absolute atomic E-state index is 0.199. The number of hydrogen-bond donors (Lipinski definition) is 1. The third-order valence-electron chi connectivity index (χ3n) is 2.91. The molecular formula is C18H24N2O4. The van der Waals surface area contributed by atoms with Crippen molar-refractivity contribution in [1.82, 2.24) is 0 Å². The summed E-state index contributed by atoms with van der Waals surface area (Å²) in [4.78, 5) is 25.3. The summed E-state index contributed by atoms with van der Waals surface area (Å²) in [6.07, 6.45) is 0. The Hall–Kier alpha value is -2.39. The number of ether oxygens (including phenoxy) is 2. The largest absolute Gasteiger partial charge is 0.458 e. The predicted octanol–water partition coefficient (Wildman–Crippen LogP) is 2.40. The van der Waals surface area contributed by atoms with Crippen molar-refractivity contribution in [3.05, 3.63) is 35.4 Å². The summed E-state index contributed by atoms with van der Waals surface area (Å²) in [6, 6.07) is 7.82. The number of rotatable bonds is 3. The van der Waals surface area contributed by atoms with E-state index in [1.54, 1.807) is 41.5 Å². The third kappa shape index (κ3) is 4.80. The van der Waals surface area contributed by atoms with Gasteiger partial charge in [0.05, 0.1) is 11.6 Å². The molecule has 0 radical (unpaired) electrons. The van der Waals surface area contributed by atoms with Gasteiger partial charge in [0.2, 0.25) is 5.54 Å². The van der Waals surface area contributed by atoms with E-state index < -0.39 is 28.7 Å². The van der Waals surface area contributed by atoms with Crippen LogP contribution in [0.3, 0.4) is 0 Å². The predicted molar refractivity (Wildman–Crippen MR) is 88.7 cm³/mol. The van der Waals surface area contributed by atoms with Crippen LogP contribution in [0.15, 0.2) is 24.3 Å². The van der Waals surface area contributed by atoms with Crippen molar-refractivity contribution in [2.45, 2.75) is 58.3 Å². The average Bonchev–Trinajstić information content (AvgIpc) is 2.42. The van der Waals surface area contributed by atoms with Crippen LogP contribution in [-0.2, 0) is 24.6 Å². The van der Waals surface area contributed by atoms with Crippen LogP contribution in [0.2, 0.25) is 0 Å². The van der Waals surface area contributed by atoms with Crippen molar-refractivity contribution in [2.24, 2.45) is 5.73 Å². The summed E-state index contributed by atoms with van der Waals surface area (Å²) in [5.41, 5.74) is 3.00. The number of nitrogens with zero attached hydrogens (tertiary/aromatic N) is 1. The standard InChI is InChI=1S/C18H24N2O4/c1-16(2,3)23-14(21)18(20,15(22)24-17(4,5)6)13-9-7-12(11-19)8-10-13/h7-10H,20H2,1-6H3. The normalized spacial score (nSPS) is 12.2. The Kier molecular flexibility index (Phi) is 5.42. The summed E-state index contributed by atoms with van der Waals surface area (Å²) in [6.45, 7) is 10.1. The van der Waals surface area contributed by atoms with Gasteiger partial charge in [-0.2, -0.15) is 5.26 Å². The maximum Gasteiger partial charge on any atom is 0.343 e. The number of esters is 2. The Labute approximate surface area is 142 Å². The molecule has 0 heterocycles. The summed E-state index contributed by atoms with van der Waals surface area (Å²) in [5.74, 6) is -1.82. The Morgan fingerprint density at radius 2 is 1.29 bits per heavy atom. The maximum atomic E-state index is 12.6. The molecule has 0 amide bonds. The van der Waals surface area contributed by atoms with Crippen LogP contribution >= 0.6 is 0 Å². The number of carbonyl (C=O) groups excluding carboxylic acids is 2. The Morgan fingerprint density at radius 3 is 1.58 bits per heavy atom. The van der Waals surface area contributed by atoms with Gasteiger partial charge in [-0.05, 0) is 59.2 Å². The molecule has 0 unspecified atom stereocenters. The topological polar surface area (TPSA) is 102 Å². The molecule has 0 spiro atoms. The van der Waals surface area contributed by atoms with Crippen molar-refractivity contribution in [3.63, 3.8) is 0 Å².